The van der Waals surface area contributed by atoms with Crippen LogP contribution in [0.1, 0.15) is 18.4 Å². The third kappa shape index (κ3) is 5.37. The van der Waals surface area contributed by atoms with Crippen molar-refractivity contribution in [1.29, 1.82) is 0 Å². The van der Waals surface area contributed by atoms with Crippen LogP contribution >= 0.6 is 0 Å². The van der Waals surface area contributed by atoms with Crippen LogP contribution in [0.3, 0.4) is 0 Å². The zero-order valence-electron chi connectivity index (χ0n) is 16.8. The van der Waals surface area contributed by atoms with Crippen molar-refractivity contribution in [3.05, 3.63) is 54.1 Å². The van der Waals surface area contributed by atoms with Gasteiger partial charge in [-0.1, -0.05) is 18.2 Å². The molecular weight excluding hydrogens is 406 g/mol. The van der Waals surface area contributed by atoms with Crippen LogP contribution in [0.5, 0.6) is 5.75 Å². The molecule has 2 aromatic rings. The minimum Gasteiger partial charge on any atom is -0.497 e. The third-order valence-electron chi connectivity index (χ3n) is 4.86. The summed E-state index contributed by atoms with van der Waals surface area (Å²) in [6, 6.07) is 13.3. The van der Waals surface area contributed by atoms with E-state index in [9.17, 15) is 18.0 Å². The van der Waals surface area contributed by atoms with Gasteiger partial charge in [0.05, 0.1) is 12.0 Å². The number of benzene rings is 2. The number of rotatable bonds is 7. The summed E-state index contributed by atoms with van der Waals surface area (Å²) in [6.45, 7) is 1.38. The Bertz CT molecular complexity index is 1000. The predicted octanol–water partition coefficient (Wildman–Crippen LogP) is 1.78. The zero-order chi connectivity index (χ0) is 21.6. The standard InChI is InChI=1S/C21H25N3O5S/c1-29-18-6-4-5-17(15-18)23-21(26)20(25)22-12-11-16-7-9-19(10-8-16)30(27,28)24-13-2-3-14-24/h4-10,15H,2-3,11-14H2,1H3,(H,22,25)(H,23,26). The summed E-state index contributed by atoms with van der Waals surface area (Å²) in [4.78, 5) is 24.3. The maximum Gasteiger partial charge on any atom is 0.313 e. The van der Waals surface area contributed by atoms with Gasteiger partial charge in [0.1, 0.15) is 5.75 Å². The molecule has 8 nitrogen and oxygen atoms in total. The van der Waals surface area contributed by atoms with Crippen molar-refractivity contribution in [2.75, 3.05) is 32.1 Å². The van der Waals surface area contributed by atoms with Crippen LogP contribution in [-0.2, 0) is 26.0 Å². The van der Waals surface area contributed by atoms with Gasteiger partial charge in [-0.3, -0.25) is 9.59 Å². The highest BCUT2D eigenvalue weighted by atomic mass is 32.2. The first kappa shape index (κ1) is 21.8. The fourth-order valence-electron chi connectivity index (χ4n) is 3.19. The van der Waals surface area contributed by atoms with E-state index in [-0.39, 0.29) is 11.4 Å². The molecule has 9 heteroatoms. The number of methoxy groups -OCH3 is 1. The molecule has 0 aromatic heterocycles. The van der Waals surface area contributed by atoms with Crippen LogP contribution in [0.25, 0.3) is 0 Å². The fraction of sp³-hybridized carbons (Fsp3) is 0.333. The maximum absolute atomic E-state index is 12.5. The van der Waals surface area contributed by atoms with Crippen molar-refractivity contribution in [3.8, 4) is 5.75 Å². The van der Waals surface area contributed by atoms with E-state index in [1.54, 1.807) is 48.5 Å². The van der Waals surface area contributed by atoms with E-state index in [1.165, 1.54) is 11.4 Å². The highest BCUT2D eigenvalue weighted by Crippen LogP contribution is 2.21. The first-order valence-electron chi connectivity index (χ1n) is 9.72. The molecule has 2 N–H and O–H groups in total. The molecular formula is C21H25N3O5S. The van der Waals surface area contributed by atoms with Crippen molar-refractivity contribution in [1.82, 2.24) is 9.62 Å². The van der Waals surface area contributed by atoms with E-state index in [0.717, 1.165) is 18.4 Å². The topological polar surface area (TPSA) is 105 Å². The Balaban J connectivity index is 1.48. The molecule has 0 aliphatic carbocycles. The van der Waals surface area contributed by atoms with Gasteiger partial charge in [0.2, 0.25) is 10.0 Å². The van der Waals surface area contributed by atoms with Crippen LogP contribution in [0, 0.1) is 0 Å². The van der Waals surface area contributed by atoms with Crippen molar-refractivity contribution in [3.63, 3.8) is 0 Å². The zero-order valence-corrected chi connectivity index (χ0v) is 17.6. The minimum absolute atomic E-state index is 0.253. The maximum atomic E-state index is 12.5. The number of anilines is 1. The molecule has 0 unspecified atom stereocenters. The van der Waals surface area contributed by atoms with E-state index in [2.05, 4.69) is 10.6 Å². The second-order valence-corrected chi connectivity index (χ2v) is 8.89. The molecule has 2 amide bonds. The number of nitrogens with zero attached hydrogens (tertiary/aromatic N) is 1. The molecule has 1 saturated heterocycles. The molecule has 1 fully saturated rings. The van der Waals surface area contributed by atoms with Gasteiger partial charge in [0, 0.05) is 31.4 Å². The Morgan fingerprint density at radius 2 is 1.73 bits per heavy atom. The molecule has 1 aliphatic rings. The number of nitrogens with one attached hydrogen (secondary N) is 2. The number of amides is 2. The van der Waals surface area contributed by atoms with Gasteiger partial charge >= 0.3 is 11.8 Å². The van der Waals surface area contributed by atoms with Crippen molar-refractivity contribution in [2.24, 2.45) is 0 Å². The first-order chi connectivity index (χ1) is 14.4. The number of sulfonamides is 1. The fourth-order valence-corrected chi connectivity index (χ4v) is 4.71. The Kier molecular flexibility index (Phi) is 7.07. The number of ether oxygens (including phenoxy) is 1. The highest BCUT2D eigenvalue weighted by molar-refractivity contribution is 7.89. The normalized spacial score (nSPS) is 14.3. The minimum atomic E-state index is -3.43. The number of carbonyl (C=O) groups is 2. The van der Waals surface area contributed by atoms with Crippen LogP contribution in [0.2, 0.25) is 0 Å². The largest absolute Gasteiger partial charge is 0.497 e. The molecule has 0 saturated carbocycles. The van der Waals surface area contributed by atoms with Gasteiger partial charge in [-0.2, -0.15) is 4.31 Å². The Hall–Kier alpha value is -2.91. The summed E-state index contributed by atoms with van der Waals surface area (Å²) in [7, 11) is -1.92. The molecule has 1 aliphatic heterocycles. The van der Waals surface area contributed by atoms with Gasteiger partial charge in [-0.05, 0) is 49.1 Å². The Labute approximate surface area is 176 Å². The summed E-state index contributed by atoms with van der Waals surface area (Å²) in [5, 5.41) is 5.07. The third-order valence-corrected chi connectivity index (χ3v) is 6.77. The molecule has 160 valence electrons. The average Bonchev–Trinajstić information content (AvgIpc) is 3.30. The molecule has 0 spiro atoms. The van der Waals surface area contributed by atoms with E-state index >= 15 is 0 Å². The van der Waals surface area contributed by atoms with Gasteiger partial charge < -0.3 is 15.4 Å². The second-order valence-electron chi connectivity index (χ2n) is 6.95. The summed E-state index contributed by atoms with van der Waals surface area (Å²) in [5.41, 5.74) is 1.33. The summed E-state index contributed by atoms with van der Waals surface area (Å²) < 4.78 is 31.6. The van der Waals surface area contributed by atoms with Crippen molar-refractivity contribution in [2.45, 2.75) is 24.2 Å². The monoisotopic (exact) mass is 431 g/mol. The molecule has 1 heterocycles. The van der Waals surface area contributed by atoms with Crippen LogP contribution in [0.4, 0.5) is 5.69 Å². The molecule has 2 aromatic carbocycles. The summed E-state index contributed by atoms with van der Waals surface area (Å²) >= 11 is 0. The molecule has 0 radical (unpaired) electrons. The smallest absolute Gasteiger partial charge is 0.313 e. The van der Waals surface area contributed by atoms with E-state index in [1.807, 2.05) is 0 Å². The van der Waals surface area contributed by atoms with Crippen molar-refractivity contribution >= 4 is 27.5 Å². The van der Waals surface area contributed by atoms with E-state index in [4.69, 9.17) is 4.74 Å². The van der Waals surface area contributed by atoms with Crippen LogP contribution in [-0.4, -0.2) is 51.3 Å². The lowest BCUT2D eigenvalue weighted by atomic mass is 10.1. The summed E-state index contributed by atoms with van der Waals surface area (Å²) in [6.07, 6.45) is 2.26. The van der Waals surface area contributed by atoms with Crippen LogP contribution in [0.15, 0.2) is 53.4 Å². The quantitative estimate of drug-likeness (QED) is 0.650. The van der Waals surface area contributed by atoms with E-state index in [0.29, 0.717) is 30.9 Å². The van der Waals surface area contributed by atoms with Crippen molar-refractivity contribution < 1.29 is 22.7 Å². The molecule has 0 bridgehead atoms. The first-order valence-corrected chi connectivity index (χ1v) is 11.2. The Morgan fingerprint density at radius 1 is 1.03 bits per heavy atom. The van der Waals surface area contributed by atoms with Crippen LogP contribution < -0.4 is 15.4 Å². The molecule has 3 rings (SSSR count). The second kappa shape index (κ2) is 9.73. The lowest BCUT2D eigenvalue weighted by molar-refractivity contribution is -0.136. The molecule has 0 atom stereocenters. The van der Waals surface area contributed by atoms with Gasteiger partial charge in [-0.25, -0.2) is 8.42 Å². The average molecular weight is 432 g/mol. The highest BCUT2D eigenvalue weighted by Gasteiger charge is 2.26. The summed E-state index contributed by atoms with van der Waals surface area (Å²) in [5.74, 6) is -0.940. The van der Waals surface area contributed by atoms with Gasteiger partial charge in [0.25, 0.3) is 0 Å². The van der Waals surface area contributed by atoms with Gasteiger partial charge in [-0.15, -0.1) is 0 Å². The predicted molar refractivity (Wildman–Crippen MR) is 113 cm³/mol. The molecule has 30 heavy (non-hydrogen) atoms. The SMILES string of the molecule is COc1cccc(NC(=O)C(=O)NCCc2ccc(S(=O)(=O)N3CCCC3)cc2)c1. The lowest BCUT2D eigenvalue weighted by Crippen LogP contribution is -2.36. The number of hydrogen-bond donors (Lipinski definition) is 2. The van der Waals surface area contributed by atoms with E-state index < -0.39 is 21.8 Å². The van der Waals surface area contributed by atoms with Gasteiger partial charge in [0.15, 0.2) is 0 Å². The number of hydrogen-bond acceptors (Lipinski definition) is 5. The number of carbonyl (C=O) groups excluding carboxylic acids is 2. The lowest BCUT2D eigenvalue weighted by Gasteiger charge is -2.15. The Morgan fingerprint density at radius 3 is 2.40 bits per heavy atom.